The van der Waals surface area contributed by atoms with Crippen molar-refractivity contribution in [2.45, 2.75) is 51.2 Å². The maximum absolute atomic E-state index is 12.2. The van der Waals surface area contributed by atoms with E-state index in [4.69, 9.17) is 4.74 Å². The molecule has 6 nitrogen and oxygen atoms in total. The molecule has 0 spiro atoms. The normalized spacial score (nSPS) is 26.3. The molecular weight excluding hydrogens is 306 g/mol. The van der Waals surface area contributed by atoms with Gasteiger partial charge in [0.05, 0.1) is 18.6 Å². The highest BCUT2D eigenvalue weighted by molar-refractivity contribution is 5.04. The first-order chi connectivity index (χ1) is 11.5. The zero-order valence-electron chi connectivity index (χ0n) is 14.8. The Morgan fingerprint density at radius 1 is 1.42 bits per heavy atom. The van der Waals surface area contributed by atoms with Gasteiger partial charge in [-0.2, -0.15) is 0 Å². The van der Waals surface area contributed by atoms with Crippen molar-refractivity contribution in [3.63, 3.8) is 0 Å². The van der Waals surface area contributed by atoms with Gasteiger partial charge in [0.2, 0.25) is 0 Å². The first kappa shape index (κ1) is 17.6. The molecule has 1 aromatic rings. The summed E-state index contributed by atoms with van der Waals surface area (Å²) in [6, 6.07) is 1.66. The molecule has 1 unspecified atom stereocenters. The van der Waals surface area contributed by atoms with Crippen molar-refractivity contribution in [1.29, 1.82) is 0 Å². The number of piperidine rings is 1. The van der Waals surface area contributed by atoms with Crippen LogP contribution >= 0.6 is 0 Å². The fourth-order valence-corrected chi connectivity index (χ4v) is 3.64. The van der Waals surface area contributed by atoms with Crippen molar-refractivity contribution >= 4 is 0 Å². The van der Waals surface area contributed by atoms with E-state index < -0.39 is 5.60 Å². The van der Waals surface area contributed by atoms with Crippen LogP contribution in [0.1, 0.15) is 44.7 Å². The third-order valence-corrected chi connectivity index (χ3v) is 5.25. The minimum absolute atomic E-state index is 0.0496. The summed E-state index contributed by atoms with van der Waals surface area (Å²) < 4.78 is 7.06. The largest absolute Gasteiger partial charge is 0.386 e. The molecule has 3 heterocycles. The SMILES string of the molecule is CC(C)c1cc(=O)n(CC2CCN(CC3(O)CCOC3)CC2)cn1. The summed E-state index contributed by atoms with van der Waals surface area (Å²) in [6.07, 6.45) is 4.53. The van der Waals surface area contributed by atoms with Crippen LogP contribution in [0.15, 0.2) is 17.2 Å². The van der Waals surface area contributed by atoms with Crippen LogP contribution in [-0.2, 0) is 11.3 Å². The lowest BCUT2D eigenvalue weighted by Crippen LogP contribution is -2.47. The maximum Gasteiger partial charge on any atom is 0.253 e. The average Bonchev–Trinajstić information content (AvgIpc) is 2.97. The number of hydrogen-bond acceptors (Lipinski definition) is 5. The second-order valence-corrected chi connectivity index (χ2v) is 7.71. The van der Waals surface area contributed by atoms with Gasteiger partial charge in [-0.05, 0) is 37.8 Å². The third-order valence-electron chi connectivity index (χ3n) is 5.25. The van der Waals surface area contributed by atoms with Gasteiger partial charge in [-0.1, -0.05) is 13.8 Å². The Labute approximate surface area is 143 Å². The van der Waals surface area contributed by atoms with Crippen LogP contribution in [0.4, 0.5) is 0 Å². The number of aliphatic hydroxyl groups is 1. The molecule has 1 aromatic heterocycles. The van der Waals surface area contributed by atoms with Gasteiger partial charge in [0.25, 0.3) is 5.56 Å². The molecule has 2 saturated heterocycles. The van der Waals surface area contributed by atoms with Crippen molar-refractivity contribution in [3.05, 3.63) is 28.4 Å². The van der Waals surface area contributed by atoms with Crippen molar-refractivity contribution in [3.8, 4) is 0 Å². The highest BCUT2D eigenvalue weighted by Crippen LogP contribution is 2.24. The Morgan fingerprint density at radius 3 is 2.75 bits per heavy atom. The molecule has 6 heteroatoms. The van der Waals surface area contributed by atoms with Crippen molar-refractivity contribution < 1.29 is 9.84 Å². The van der Waals surface area contributed by atoms with Crippen molar-refractivity contribution in [1.82, 2.24) is 14.5 Å². The van der Waals surface area contributed by atoms with E-state index in [0.29, 0.717) is 25.7 Å². The summed E-state index contributed by atoms with van der Waals surface area (Å²) >= 11 is 0. The van der Waals surface area contributed by atoms with Gasteiger partial charge in [0.1, 0.15) is 5.60 Å². The van der Waals surface area contributed by atoms with Gasteiger partial charge in [-0.15, -0.1) is 0 Å². The molecule has 2 aliphatic heterocycles. The van der Waals surface area contributed by atoms with Gasteiger partial charge in [0.15, 0.2) is 0 Å². The molecule has 3 rings (SSSR count). The molecule has 2 fully saturated rings. The molecule has 0 bridgehead atoms. The first-order valence-corrected chi connectivity index (χ1v) is 9.04. The molecule has 0 saturated carbocycles. The zero-order chi connectivity index (χ0) is 17.2. The third kappa shape index (κ3) is 4.23. The highest BCUT2D eigenvalue weighted by atomic mass is 16.5. The van der Waals surface area contributed by atoms with E-state index in [2.05, 4.69) is 9.88 Å². The monoisotopic (exact) mass is 335 g/mol. The summed E-state index contributed by atoms with van der Waals surface area (Å²) in [7, 11) is 0. The van der Waals surface area contributed by atoms with E-state index in [1.165, 1.54) is 0 Å². The quantitative estimate of drug-likeness (QED) is 0.877. The predicted molar refractivity (Wildman–Crippen MR) is 92.1 cm³/mol. The molecule has 1 atom stereocenters. The average molecular weight is 335 g/mol. The van der Waals surface area contributed by atoms with E-state index in [1.54, 1.807) is 17.0 Å². The molecule has 134 valence electrons. The fourth-order valence-electron chi connectivity index (χ4n) is 3.64. The second kappa shape index (κ2) is 7.33. The first-order valence-electron chi connectivity index (χ1n) is 9.04. The van der Waals surface area contributed by atoms with Gasteiger partial charge in [-0.25, -0.2) is 4.98 Å². The van der Waals surface area contributed by atoms with E-state index in [9.17, 15) is 9.90 Å². The number of rotatable bonds is 5. The second-order valence-electron chi connectivity index (χ2n) is 7.71. The van der Waals surface area contributed by atoms with Crippen LogP contribution in [0, 0.1) is 5.92 Å². The molecule has 1 N–H and O–H groups in total. The molecule has 0 amide bonds. The lowest BCUT2D eigenvalue weighted by Gasteiger charge is -2.36. The van der Waals surface area contributed by atoms with Gasteiger partial charge in [-0.3, -0.25) is 9.36 Å². The van der Waals surface area contributed by atoms with Crippen molar-refractivity contribution in [2.24, 2.45) is 5.92 Å². The van der Waals surface area contributed by atoms with Crippen LogP contribution < -0.4 is 5.56 Å². The zero-order valence-corrected chi connectivity index (χ0v) is 14.8. The van der Waals surface area contributed by atoms with Crippen LogP contribution in [0.3, 0.4) is 0 Å². The summed E-state index contributed by atoms with van der Waals surface area (Å²) in [6.45, 7) is 8.59. The minimum Gasteiger partial charge on any atom is -0.386 e. The highest BCUT2D eigenvalue weighted by Gasteiger charge is 2.35. The van der Waals surface area contributed by atoms with Gasteiger partial charge < -0.3 is 14.7 Å². The Morgan fingerprint density at radius 2 is 2.17 bits per heavy atom. The predicted octanol–water partition coefficient (Wildman–Crippen LogP) is 1.23. The summed E-state index contributed by atoms with van der Waals surface area (Å²) in [4.78, 5) is 19.0. The summed E-state index contributed by atoms with van der Waals surface area (Å²) in [5.41, 5.74) is 0.243. The standard InChI is InChI=1S/C18H29N3O3/c1-14(2)16-9-17(22)21(13-19-16)10-15-3-6-20(7-4-15)11-18(23)5-8-24-12-18/h9,13-15,23H,3-8,10-12H2,1-2H3. The number of β-amino-alcohol motifs (C(OH)–C–C–N with tert-alkyl or cyclic N) is 1. The lowest BCUT2D eigenvalue weighted by atomic mass is 9.94. The summed E-state index contributed by atoms with van der Waals surface area (Å²) in [5.74, 6) is 0.779. The number of likely N-dealkylation sites (tertiary alicyclic amines) is 1. The molecule has 0 aromatic carbocycles. The van der Waals surface area contributed by atoms with Crippen LogP contribution in [0.25, 0.3) is 0 Å². The minimum atomic E-state index is -0.666. The van der Waals surface area contributed by atoms with Gasteiger partial charge in [0, 0.05) is 32.2 Å². The van der Waals surface area contributed by atoms with E-state index in [-0.39, 0.29) is 11.5 Å². The van der Waals surface area contributed by atoms with Crippen LogP contribution in [-0.4, -0.2) is 58.0 Å². The Hall–Kier alpha value is -1.24. The van der Waals surface area contributed by atoms with E-state index in [1.807, 2.05) is 13.8 Å². The molecule has 0 aliphatic carbocycles. The molecule has 0 radical (unpaired) electrons. The van der Waals surface area contributed by atoms with Crippen LogP contribution in [0.5, 0.6) is 0 Å². The number of hydrogen-bond donors (Lipinski definition) is 1. The Balaban J connectivity index is 1.51. The number of nitrogens with zero attached hydrogens (tertiary/aromatic N) is 3. The molecule has 24 heavy (non-hydrogen) atoms. The number of ether oxygens (including phenoxy) is 1. The maximum atomic E-state index is 12.2. The smallest absolute Gasteiger partial charge is 0.253 e. The van der Waals surface area contributed by atoms with E-state index in [0.717, 1.165) is 44.6 Å². The molecule has 2 aliphatic rings. The van der Waals surface area contributed by atoms with Crippen molar-refractivity contribution in [2.75, 3.05) is 32.8 Å². The van der Waals surface area contributed by atoms with E-state index >= 15 is 0 Å². The summed E-state index contributed by atoms with van der Waals surface area (Å²) in [5, 5.41) is 10.4. The van der Waals surface area contributed by atoms with Crippen LogP contribution in [0.2, 0.25) is 0 Å². The topological polar surface area (TPSA) is 67.6 Å². The fraction of sp³-hybridized carbons (Fsp3) is 0.778. The molecular formula is C18H29N3O3. The number of aromatic nitrogens is 2. The lowest BCUT2D eigenvalue weighted by molar-refractivity contribution is -0.0125. The Bertz CT molecular complexity index is 600. The van der Waals surface area contributed by atoms with Gasteiger partial charge >= 0.3 is 0 Å². The Kier molecular flexibility index (Phi) is 5.37.